The molecule has 1 N–H and O–H groups in total. The Morgan fingerprint density at radius 1 is 1.24 bits per heavy atom. The Morgan fingerprint density at radius 3 is 2.18 bits per heavy atom. The number of rotatable bonds is 4. The Balaban J connectivity index is 2.93. The van der Waals surface area contributed by atoms with Crippen molar-refractivity contribution in [1.29, 1.82) is 0 Å². The van der Waals surface area contributed by atoms with Gasteiger partial charge in [0, 0.05) is 5.92 Å². The van der Waals surface area contributed by atoms with Crippen LogP contribution < -0.4 is 0 Å². The van der Waals surface area contributed by atoms with E-state index in [-0.39, 0.29) is 11.3 Å². The van der Waals surface area contributed by atoms with E-state index in [2.05, 4.69) is 34.3 Å². The third-order valence-corrected chi connectivity index (χ3v) is 3.37. The van der Waals surface area contributed by atoms with E-state index in [0.717, 1.165) is 17.6 Å². The summed E-state index contributed by atoms with van der Waals surface area (Å²) in [5.41, 5.74) is 2.14. The lowest BCUT2D eigenvalue weighted by Crippen LogP contribution is -2.22. The van der Waals surface area contributed by atoms with Gasteiger partial charge in [-0.05, 0) is 17.4 Å². The minimum atomic E-state index is -0.451. The van der Waals surface area contributed by atoms with Gasteiger partial charge in [0.05, 0.1) is 6.10 Å². The molecule has 94 valence electrons. The highest BCUT2D eigenvalue weighted by molar-refractivity contribution is 5.22. The first-order valence-electron chi connectivity index (χ1n) is 6.30. The number of hydrogen-bond acceptors (Lipinski definition) is 1. The summed E-state index contributed by atoms with van der Waals surface area (Å²) in [6, 6.07) is 9.85. The third kappa shape index (κ3) is 3.44. The molecule has 0 aliphatic carbocycles. The van der Waals surface area contributed by atoms with Gasteiger partial charge < -0.3 is 5.11 Å². The van der Waals surface area contributed by atoms with Gasteiger partial charge in [-0.3, -0.25) is 0 Å². The van der Waals surface area contributed by atoms with E-state index in [4.69, 9.17) is 0 Å². The number of aliphatic hydroxyl groups excluding tert-OH is 1. The summed E-state index contributed by atoms with van der Waals surface area (Å²) >= 11 is 0. The Morgan fingerprint density at radius 2 is 1.76 bits per heavy atom. The highest BCUT2D eigenvalue weighted by atomic mass is 16.3. The molecule has 0 aliphatic rings. The molecule has 2 atom stereocenters. The lowest BCUT2D eigenvalue weighted by atomic mass is 9.75. The van der Waals surface area contributed by atoms with Crippen LogP contribution in [0.25, 0.3) is 0 Å². The second-order valence-corrected chi connectivity index (χ2v) is 5.65. The molecule has 0 aliphatic heterocycles. The molecule has 1 heteroatoms. The van der Waals surface area contributed by atoms with Crippen molar-refractivity contribution in [3.63, 3.8) is 0 Å². The summed E-state index contributed by atoms with van der Waals surface area (Å²) in [6.07, 6.45) is 0.458. The monoisotopic (exact) mass is 232 g/mol. The van der Waals surface area contributed by atoms with Crippen molar-refractivity contribution >= 4 is 0 Å². The van der Waals surface area contributed by atoms with Gasteiger partial charge in [0.25, 0.3) is 0 Å². The van der Waals surface area contributed by atoms with E-state index in [9.17, 15) is 5.11 Å². The van der Waals surface area contributed by atoms with Crippen molar-refractivity contribution in [1.82, 2.24) is 0 Å². The average molecular weight is 232 g/mol. The van der Waals surface area contributed by atoms with Crippen LogP contribution in [-0.4, -0.2) is 5.11 Å². The number of aliphatic hydroxyl groups is 1. The molecule has 0 saturated heterocycles. The molecule has 1 nitrogen and oxygen atoms in total. The van der Waals surface area contributed by atoms with E-state index < -0.39 is 6.10 Å². The summed E-state index contributed by atoms with van der Waals surface area (Å²) < 4.78 is 0. The third-order valence-electron chi connectivity index (χ3n) is 3.37. The van der Waals surface area contributed by atoms with Crippen LogP contribution in [0.2, 0.25) is 0 Å². The summed E-state index contributed by atoms with van der Waals surface area (Å²) in [5.74, 6) is 0.123. The fourth-order valence-electron chi connectivity index (χ4n) is 2.10. The van der Waals surface area contributed by atoms with Crippen molar-refractivity contribution in [3.05, 3.63) is 48.0 Å². The molecule has 0 amide bonds. The number of benzene rings is 1. The Hall–Kier alpha value is -1.08. The molecule has 1 aromatic rings. The zero-order valence-electron chi connectivity index (χ0n) is 11.4. The van der Waals surface area contributed by atoms with Gasteiger partial charge in [0.1, 0.15) is 0 Å². The minimum absolute atomic E-state index is 0.0381. The fraction of sp³-hybridized carbons (Fsp3) is 0.500. The molecule has 0 unspecified atom stereocenters. The zero-order chi connectivity index (χ0) is 13.1. The number of hydrogen-bond donors (Lipinski definition) is 1. The normalized spacial score (nSPS) is 15.4. The van der Waals surface area contributed by atoms with Gasteiger partial charge in [-0.15, -0.1) is 0 Å². The molecule has 0 bridgehead atoms. The van der Waals surface area contributed by atoms with Crippen LogP contribution in [0.4, 0.5) is 0 Å². The van der Waals surface area contributed by atoms with Crippen LogP contribution in [-0.2, 0) is 0 Å². The van der Waals surface area contributed by atoms with E-state index in [1.54, 1.807) is 0 Å². The van der Waals surface area contributed by atoms with Crippen molar-refractivity contribution in [2.24, 2.45) is 11.3 Å². The predicted molar refractivity (Wildman–Crippen MR) is 73.8 cm³/mol. The summed E-state index contributed by atoms with van der Waals surface area (Å²) in [7, 11) is 0. The van der Waals surface area contributed by atoms with Crippen LogP contribution in [0, 0.1) is 11.3 Å². The lowest BCUT2D eigenvalue weighted by Gasteiger charge is -2.32. The molecular weight excluding hydrogens is 208 g/mol. The summed E-state index contributed by atoms with van der Waals surface area (Å²) in [6.45, 7) is 12.7. The maximum absolute atomic E-state index is 10.5. The molecule has 0 radical (unpaired) electrons. The largest absolute Gasteiger partial charge is 0.388 e. The summed E-state index contributed by atoms with van der Waals surface area (Å²) in [5, 5.41) is 10.5. The molecule has 17 heavy (non-hydrogen) atoms. The highest BCUT2D eigenvalue weighted by Crippen LogP contribution is 2.38. The first-order valence-corrected chi connectivity index (χ1v) is 6.30. The topological polar surface area (TPSA) is 20.2 Å². The Labute approximate surface area is 105 Å². The first-order chi connectivity index (χ1) is 7.88. The predicted octanol–water partition coefficient (Wildman–Crippen LogP) is 4.35. The molecule has 0 aromatic heterocycles. The summed E-state index contributed by atoms with van der Waals surface area (Å²) in [4.78, 5) is 0. The van der Waals surface area contributed by atoms with Crippen LogP contribution in [0.15, 0.2) is 42.5 Å². The van der Waals surface area contributed by atoms with Gasteiger partial charge in [-0.25, -0.2) is 0 Å². The smallest absolute Gasteiger partial charge is 0.0855 e. The molecule has 1 rings (SSSR count). The van der Waals surface area contributed by atoms with Crippen LogP contribution >= 0.6 is 0 Å². The van der Waals surface area contributed by atoms with E-state index in [0.29, 0.717) is 0 Å². The van der Waals surface area contributed by atoms with E-state index in [1.165, 1.54) is 0 Å². The van der Waals surface area contributed by atoms with Crippen molar-refractivity contribution < 1.29 is 5.11 Å². The second-order valence-electron chi connectivity index (χ2n) is 5.65. The lowest BCUT2D eigenvalue weighted by molar-refractivity contribution is 0.114. The van der Waals surface area contributed by atoms with Gasteiger partial charge in [0.15, 0.2) is 0 Å². The molecular formula is C16H24O. The standard InChI is InChI=1S/C16H24O/c1-6-14(12(2)16(3,4)5)15(17)13-10-8-7-9-11-13/h7-11,14-15,17H,2,6H2,1,3-5H3/t14-,15+/m0/s1. The van der Waals surface area contributed by atoms with E-state index in [1.807, 2.05) is 30.3 Å². The van der Waals surface area contributed by atoms with Crippen LogP contribution in [0.1, 0.15) is 45.8 Å². The van der Waals surface area contributed by atoms with Gasteiger partial charge >= 0.3 is 0 Å². The molecule has 0 saturated carbocycles. The van der Waals surface area contributed by atoms with Crippen molar-refractivity contribution in [2.75, 3.05) is 0 Å². The zero-order valence-corrected chi connectivity index (χ0v) is 11.4. The quantitative estimate of drug-likeness (QED) is 0.765. The molecule has 0 fully saturated rings. The Kier molecular flexibility index (Phi) is 4.53. The van der Waals surface area contributed by atoms with Gasteiger partial charge in [-0.1, -0.05) is 70.2 Å². The Bertz CT molecular complexity index is 359. The molecule has 0 spiro atoms. The maximum atomic E-state index is 10.5. The second kappa shape index (κ2) is 5.50. The van der Waals surface area contributed by atoms with Crippen LogP contribution in [0.5, 0.6) is 0 Å². The van der Waals surface area contributed by atoms with Crippen molar-refractivity contribution in [2.45, 2.75) is 40.2 Å². The fourth-order valence-corrected chi connectivity index (χ4v) is 2.10. The average Bonchev–Trinajstić information content (AvgIpc) is 2.29. The van der Waals surface area contributed by atoms with Gasteiger partial charge in [-0.2, -0.15) is 0 Å². The maximum Gasteiger partial charge on any atom is 0.0855 e. The SMILES string of the molecule is C=C([C@H](CC)[C@H](O)c1ccccc1)C(C)(C)C. The minimum Gasteiger partial charge on any atom is -0.388 e. The molecule has 1 aromatic carbocycles. The van der Waals surface area contributed by atoms with Crippen LogP contribution in [0.3, 0.4) is 0 Å². The highest BCUT2D eigenvalue weighted by Gasteiger charge is 2.28. The van der Waals surface area contributed by atoms with Crippen molar-refractivity contribution in [3.8, 4) is 0 Å². The van der Waals surface area contributed by atoms with E-state index >= 15 is 0 Å². The first kappa shape index (κ1) is 14.0. The molecule has 0 heterocycles. The van der Waals surface area contributed by atoms with Gasteiger partial charge in [0.2, 0.25) is 0 Å².